The van der Waals surface area contributed by atoms with Gasteiger partial charge in [0.1, 0.15) is 0 Å². The fraction of sp³-hybridized carbons (Fsp3) is 0.789. The van der Waals surface area contributed by atoms with Gasteiger partial charge in [-0.15, -0.1) is 0 Å². The van der Waals surface area contributed by atoms with Gasteiger partial charge in [-0.05, 0) is 38.5 Å². The number of carbonyl (C=O) groups is 2. The van der Waals surface area contributed by atoms with E-state index in [1.807, 2.05) is 0 Å². The Bertz CT molecular complexity index is 394. The van der Waals surface area contributed by atoms with Gasteiger partial charge in [0.2, 0.25) is 0 Å². The lowest BCUT2D eigenvalue weighted by Gasteiger charge is -2.23. The number of esters is 2. The number of unbranched alkanes of at least 4 members (excludes halogenated alkanes) is 2. The predicted octanol–water partition coefficient (Wildman–Crippen LogP) is 4.43. The molecule has 1 unspecified atom stereocenters. The highest BCUT2D eigenvalue weighted by molar-refractivity contribution is 5.95. The van der Waals surface area contributed by atoms with E-state index in [0.717, 1.165) is 51.4 Å². The summed E-state index contributed by atoms with van der Waals surface area (Å²) in [5.41, 5.74) is 0.481. The molecule has 0 amide bonds. The molecule has 0 heterocycles. The Kier molecular flexibility index (Phi) is 9.65. The molecule has 0 aliphatic heterocycles. The van der Waals surface area contributed by atoms with E-state index in [1.165, 1.54) is 0 Å². The Balaban J connectivity index is 2.78. The zero-order valence-corrected chi connectivity index (χ0v) is 14.9. The lowest BCUT2D eigenvalue weighted by Crippen LogP contribution is -2.31. The molecule has 1 aliphatic carbocycles. The van der Waals surface area contributed by atoms with E-state index >= 15 is 0 Å². The quantitative estimate of drug-likeness (QED) is 0.339. The van der Waals surface area contributed by atoms with E-state index in [1.54, 1.807) is 13.0 Å². The van der Waals surface area contributed by atoms with E-state index in [9.17, 15) is 9.59 Å². The van der Waals surface area contributed by atoms with Crippen LogP contribution in [0.3, 0.4) is 0 Å². The minimum atomic E-state index is -0.464. The maximum Gasteiger partial charge on any atom is 0.334 e. The van der Waals surface area contributed by atoms with Crippen LogP contribution >= 0.6 is 0 Å². The second-order valence-electron chi connectivity index (χ2n) is 6.28. The number of carbonyl (C=O) groups excluding carboxylic acids is 2. The first-order valence-corrected chi connectivity index (χ1v) is 9.15. The van der Waals surface area contributed by atoms with Gasteiger partial charge in [-0.1, -0.05) is 45.6 Å². The van der Waals surface area contributed by atoms with Crippen molar-refractivity contribution in [3.8, 4) is 0 Å². The summed E-state index contributed by atoms with van der Waals surface area (Å²) in [6, 6.07) is 0. The highest BCUT2D eigenvalue weighted by atomic mass is 16.5. The summed E-state index contributed by atoms with van der Waals surface area (Å²) in [4.78, 5) is 25.0. The molecule has 1 rings (SSSR count). The van der Waals surface area contributed by atoms with Crippen LogP contribution in [0.2, 0.25) is 0 Å². The molecule has 1 atom stereocenters. The zero-order valence-electron chi connectivity index (χ0n) is 14.9. The summed E-state index contributed by atoms with van der Waals surface area (Å²) in [5.74, 6) is -0.876. The van der Waals surface area contributed by atoms with Crippen molar-refractivity contribution in [2.45, 2.75) is 72.1 Å². The summed E-state index contributed by atoms with van der Waals surface area (Å²) < 4.78 is 10.8. The lowest BCUT2D eigenvalue weighted by atomic mass is 9.84. The van der Waals surface area contributed by atoms with Gasteiger partial charge < -0.3 is 9.47 Å². The van der Waals surface area contributed by atoms with Crippen LogP contribution in [0.1, 0.15) is 72.1 Å². The molecule has 4 nitrogen and oxygen atoms in total. The Hall–Kier alpha value is -1.32. The SMILES string of the molecule is CC=C(C(=O)OCCCC)C(C(=O)OCCCC)C1CCCC1. The van der Waals surface area contributed by atoms with Crippen LogP contribution in [0.5, 0.6) is 0 Å². The second-order valence-corrected chi connectivity index (χ2v) is 6.28. The van der Waals surface area contributed by atoms with E-state index in [-0.39, 0.29) is 17.9 Å². The van der Waals surface area contributed by atoms with Gasteiger partial charge in [0.25, 0.3) is 0 Å². The Labute approximate surface area is 140 Å². The highest BCUT2D eigenvalue weighted by Crippen LogP contribution is 2.36. The normalized spacial score (nSPS) is 17.1. The molecule has 0 radical (unpaired) electrons. The van der Waals surface area contributed by atoms with Crippen molar-refractivity contribution < 1.29 is 19.1 Å². The molecule has 0 N–H and O–H groups in total. The van der Waals surface area contributed by atoms with Crippen LogP contribution in [0.15, 0.2) is 11.6 Å². The van der Waals surface area contributed by atoms with Gasteiger partial charge in [0, 0.05) is 5.57 Å². The van der Waals surface area contributed by atoms with Gasteiger partial charge in [-0.2, -0.15) is 0 Å². The van der Waals surface area contributed by atoms with Crippen LogP contribution in [-0.4, -0.2) is 25.2 Å². The standard InChI is InChI=1S/C19H32O4/c1-4-7-13-22-18(20)16(6-3)17(15-11-9-10-12-15)19(21)23-14-8-5-2/h6,15,17H,4-5,7-14H2,1-3H3. The zero-order chi connectivity index (χ0) is 17.1. The fourth-order valence-corrected chi connectivity index (χ4v) is 3.09. The molecular formula is C19H32O4. The molecule has 0 aromatic rings. The number of rotatable bonds is 10. The third kappa shape index (κ3) is 6.36. The summed E-state index contributed by atoms with van der Waals surface area (Å²) in [7, 11) is 0. The first kappa shape index (κ1) is 19.7. The number of hydrogen-bond acceptors (Lipinski definition) is 4. The third-order valence-electron chi connectivity index (χ3n) is 4.48. The molecule has 0 spiro atoms. The Morgan fingerprint density at radius 2 is 1.61 bits per heavy atom. The molecule has 132 valence electrons. The first-order valence-electron chi connectivity index (χ1n) is 9.15. The lowest BCUT2D eigenvalue weighted by molar-refractivity contribution is -0.152. The summed E-state index contributed by atoms with van der Waals surface area (Å²) in [6.45, 7) is 6.76. The molecule has 1 saturated carbocycles. The topological polar surface area (TPSA) is 52.6 Å². The molecule has 0 saturated heterocycles. The molecule has 0 aromatic heterocycles. The van der Waals surface area contributed by atoms with Crippen molar-refractivity contribution in [3.05, 3.63) is 11.6 Å². The largest absolute Gasteiger partial charge is 0.465 e. The summed E-state index contributed by atoms with van der Waals surface area (Å²) >= 11 is 0. The van der Waals surface area contributed by atoms with E-state index in [0.29, 0.717) is 18.8 Å². The van der Waals surface area contributed by atoms with Gasteiger partial charge >= 0.3 is 11.9 Å². The smallest absolute Gasteiger partial charge is 0.334 e. The predicted molar refractivity (Wildman–Crippen MR) is 90.9 cm³/mol. The molecule has 0 aromatic carbocycles. The van der Waals surface area contributed by atoms with Crippen LogP contribution < -0.4 is 0 Å². The maximum absolute atomic E-state index is 12.6. The van der Waals surface area contributed by atoms with Gasteiger partial charge in [-0.3, -0.25) is 4.79 Å². The van der Waals surface area contributed by atoms with Crippen molar-refractivity contribution >= 4 is 11.9 Å². The number of ether oxygens (including phenoxy) is 2. The average Bonchev–Trinajstić information content (AvgIpc) is 3.06. The molecule has 1 aliphatic rings. The van der Waals surface area contributed by atoms with Crippen molar-refractivity contribution in [2.75, 3.05) is 13.2 Å². The molecule has 1 fully saturated rings. The van der Waals surface area contributed by atoms with Crippen molar-refractivity contribution in [2.24, 2.45) is 11.8 Å². The van der Waals surface area contributed by atoms with Crippen LogP contribution in [0, 0.1) is 11.8 Å². The minimum Gasteiger partial charge on any atom is -0.465 e. The fourth-order valence-electron chi connectivity index (χ4n) is 3.09. The Morgan fingerprint density at radius 3 is 2.13 bits per heavy atom. The van der Waals surface area contributed by atoms with Crippen molar-refractivity contribution in [1.82, 2.24) is 0 Å². The summed E-state index contributed by atoms with van der Waals surface area (Å²) in [5, 5.41) is 0. The third-order valence-corrected chi connectivity index (χ3v) is 4.48. The molecule has 4 heteroatoms. The van der Waals surface area contributed by atoms with Gasteiger partial charge in [-0.25, -0.2) is 4.79 Å². The summed E-state index contributed by atoms with van der Waals surface area (Å²) in [6.07, 6.45) is 9.59. The molecular weight excluding hydrogens is 292 g/mol. The second kappa shape index (κ2) is 11.3. The monoisotopic (exact) mass is 324 g/mol. The van der Waals surface area contributed by atoms with Crippen molar-refractivity contribution in [3.63, 3.8) is 0 Å². The minimum absolute atomic E-state index is 0.203. The first-order chi connectivity index (χ1) is 11.2. The highest BCUT2D eigenvalue weighted by Gasteiger charge is 2.37. The van der Waals surface area contributed by atoms with Gasteiger partial charge in [0.15, 0.2) is 0 Å². The van der Waals surface area contributed by atoms with Crippen LogP contribution in [-0.2, 0) is 19.1 Å². The van der Waals surface area contributed by atoms with E-state index in [2.05, 4.69) is 13.8 Å². The molecule has 0 bridgehead atoms. The Morgan fingerprint density at radius 1 is 1.04 bits per heavy atom. The van der Waals surface area contributed by atoms with Crippen LogP contribution in [0.4, 0.5) is 0 Å². The average molecular weight is 324 g/mol. The number of allylic oxidation sites excluding steroid dienone is 1. The van der Waals surface area contributed by atoms with Gasteiger partial charge in [0.05, 0.1) is 19.1 Å². The van der Waals surface area contributed by atoms with E-state index < -0.39 is 5.92 Å². The van der Waals surface area contributed by atoms with Crippen molar-refractivity contribution in [1.29, 1.82) is 0 Å². The maximum atomic E-state index is 12.6. The molecule has 23 heavy (non-hydrogen) atoms. The van der Waals surface area contributed by atoms with E-state index in [4.69, 9.17) is 9.47 Å². The number of hydrogen-bond donors (Lipinski definition) is 0. The van der Waals surface area contributed by atoms with Crippen LogP contribution in [0.25, 0.3) is 0 Å².